The normalized spacial score (nSPS) is 15.3. The molecule has 1 aromatic rings. The average molecular weight is 260 g/mol. The van der Waals surface area contributed by atoms with Crippen molar-refractivity contribution in [3.8, 4) is 5.75 Å². The Balaban J connectivity index is 2.37. The van der Waals surface area contributed by atoms with Gasteiger partial charge in [0.15, 0.2) is 0 Å². The molecule has 1 heterocycles. The third-order valence-corrected chi connectivity index (χ3v) is 2.45. The van der Waals surface area contributed by atoms with E-state index in [0.717, 1.165) is 18.9 Å². The number of halogens is 3. The predicted octanol–water partition coefficient (Wildman–Crippen LogP) is 2.00. The average Bonchev–Trinajstić information content (AvgIpc) is 3.10. The Hall–Kier alpha value is -1.79. The Morgan fingerprint density at radius 1 is 1.50 bits per heavy atom. The fraction of sp³-hybridized carbons (Fsp3) is 0.455. The maximum absolute atomic E-state index is 12.7. The van der Waals surface area contributed by atoms with Crippen LogP contribution in [0.2, 0.25) is 0 Å². The summed E-state index contributed by atoms with van der Waals surface area (Å²) in [4.78, 5) is 14.8. The van der Waals surface area contributed by atoms with Crippen LogP contribution >= 0.6 is 0 Å². The van der Waals surface area contributed by atoms with Gasteiger partial charge in [-0.3, -0.25) is 9.78 Å². The Morgan fingerprint density at radius 3 is 2.67 bits per heavy atom. The summed E-state index contributed by atoms with van der Waals surface area (Å²) in [6.07, 6.45) is -2.64. The number of nitrogens with zero attached hydrogens (tertiary/aromatic N) is 1. The lowest BCUT2D eigenvalue weighted by atomic mass is 10.2. The van der Waals surface area contributed by atoms with Gasteiger partial charge in [-0.05, 0) is 12.8 Å². The van der Waals surface area contributed by atoms with E-state index in [4.69, 9.17) is 4.74 Å². The first-order valence-corrected chi connectivity index (χ1v) is 5.38. The monoisotopic (exact) mass is 260 g/mol. The van der Waals surface area contributed by atoms with Crippen LogP contribution in [-0.4, -0.2) is 24.0 Å². The molecule has 1 aliphatic rings. The lowest BCUT2D eigenvalue weighted by molar-refractivity contribution is -0.139. The van der Waals surface area contributed by atoms with E-state index < -0.39 is 17.6 Å². The van der Waals surface area contributed by atoms with Gasteiger partial charge < -0.3 is 10.1 Å². The molecule has 1 amide bonds. The molecule has 0 saturated heterocycles. The van der Waals surface area contributed by atoms with E-state index in [-0.39, 0.29) is 17.5 Å². The molecule has 0 atom stereocenters. The summed E-state index contributed by atoms with van der Waals surface area (Å²) in [5.74, 6) is -0.886. The van der Waals surface area contributed by atoms with Crippen molar-refractivity contribution in [3.63, 3.8) is 0 Å². The summed E-state index contributed by atoms with van der Waals surface area (Å²) in [5, 5.41) is 2.30. The number of hydrogen-bond acceptors (Lipinski definition) is 3. The standard InChI is InChI=1S/C11H11F3N2O2/c1-15-10(17)8-4-9(18-6-2-3-6)7(5-16-8)11(12,13)14/h4-6H,2-3H2,1H3,(H,15,17). The van der Waals surface area contributed by atoms with Crippen LogP contribution in [-0.2, 0) is 6.18 Å². The van der Waals surface area contributed by atoms with Crippen molar-refractivity contribution in [2.45, 2.75) is 25.1 Å². The second-order valence-corrected chi connectivity index (χ2v) is 3.96. The summed E-state index contributed by atoms with van der Waals surface area (Å²) in [7, 11) is 1.38. The van der Waals surface area contributed by atoms with Gasteiger partial charge in [0, 0.05) is 19.3 Å². The van der Waals surface area contributed by atoms with Crippen LogP contribution in [0.25, 0.3) is 0 Å². The largest absolute Gasteiger partial charge is 0.490 e. The first-order chi connectivity index (χ1) is 8.41. The minimum absolute atomic E-state index is 0.0962. The zero-order valence-corrected chi connectivity index (χ0v) is 9.54. The highest BCUT2D eigenvalue weighted by Gasteiger charge is 2.37. The number of carbonyl (C=O) groups excluding carboxylic acids is 1. The fourth-order valence-electron chi connectivity index (χ4n) is 1.36. The molecule has 98 valence electrons. The molecule has 7 heteroatoms. The van der Waals surface area contributed by atoms with Gasteiger partial charge in [-0.1, -0.05) is 0 Å². The molecule has 1 aromatic heterocycles. The number of hydrogen-bond donors (Lipinski definition) is 1. The summed E-state index contributed by atoms with van der Waals surface area (Å²) < 4.78 is 43.3. The zero-order chi connectivity index (χ0) is 13.3. The van der Waals surface area contributed by atoms with Crippen LogP contribution in [0, 0.1) is 0 Å². The molecular formula is C11H11F3N2O2. The van der Waals surface area contributed by atoms with Crippen molar-refractivity contribution in [1.82, 2.24) is 10.3 Å². The number of carbonyl (C=O) groups is 1. The molecule has 18 heavy (non-hydrogen) atoms. The van der Waals surface area contributed by atoms with Crippen LogP contribution in [0.3, 0.4) is 0 Å². The molecule has 2 rings (SSSR count). The second kappa shape index (κ2) is 4.47. The number of amides is 1. The first-order valence-electron chi connectivity index (χ1n) is 5.38. The Morgan fingerprint density at radius 2 is 2.17 bits per heavy atom. The lowest BCUT2D eigenvalue weighted by Crippen LogP contribution is -2.20. The number of ether oxygens (including phenoxy) is 1. The third-order valence-electron chi connectivity index (χ3n) is 2.45. The molecule has 1 fully saturated rings. The van der Waals surface area contributed by atoms with Crippen LogP contribution in [0.1, 0.15) is 28.9 Å². The van der Waals surface area contributed by atoms with Gasteiger partial charge in [0.1, 0.15) is 17.0 Å². The highest BCUT2D eigenvalue weighted by Crippen LogP contribution is 2.38. The number of rotatable bonds is 3. The summed E-state index contributed by atoms with van der Waals surface area (Å²) >= 11 is 0. The molecule has 0 unspecified atom stereocenters. The van der Waals surface area contributed by atoms with E-state index in [0.29, 0.717) is 6.20 Å². The maximum atomic E-state index is 12.7. The topological polar surface area (TPSA) is 51.2 Å². The molecule has 0 radical (unpaired) electrons. The van der Waals surface area contributed by atoms with E-state index in [1.54, 1.807) is 0 Å². The van der Waals surface area contributed by atoms with Crippen LogP contribution in [0.4, 0.5) is 13.2 Å². The highest BCUT2D eigenvalue weighted by atomic mass is 19.4. The maximum Gasteiger partial charge on any atom is 0.421 e. The highest BCUT2D eigenvalue weighted by molar-refractivity contribution is 5.92. The van der Waals surface area contributed by atoms with E-state index in [1.807, 2.05) is 0 Å². The molecule has 0 bridgehead atoms. The van der Waals surface area contributed by atoms with Crippen molar-refractivity contribution in [2.24, 2.45) is 0 Å². The van der Waals surface area contributed by atoms with Crippen LogP contribution < -0.4 is 10.1 Å². The van der Waals surface area contributed by atoms with E-state index in [1.165, 1.54) is 7.05 Å². The SMILES string of the molecule is CNC(=O)c1cc(OC2CC2)c(C(F)(F)F)cn1. The minimum atomic E-state index is -4.54. The molecule has 0 aliphatic heterocycles. The molecule has 0 aromatic carbocycles. The van der Waals surface area contributed by atoms with Crippen molar-refractivity contribution in [3.05, 3.63) is 23.5 Å². The molecule has 1 saturated carbocycles. The van der Waals surface area contributed by atoms with Gasteiger partial charge >= 0.3 is 6.18 Å². The van der Waals surface area contributed by atoms with Crippen LogP contribution in [0.15, 0.2) is 12.3 Å². The van der Waals surface area contributed by atoms with Crippen molar-refractivity contribution in [1.29, 1.82) is 0 Å². The van der Waals surface area contributed by atoms with Crippen molar-refractivity contribution >= 4 is 5.91 Å². The minimum Gasteiger partial charge on any atom is -0.490 e. The van der Waals surface area contributed by atoms with E-state index in [2.05, 4.69) is 10.3 Å². The second-order valence-electron chi connectivity index (χ2n) is 3.96. The summed E-state index contributed by atoms with van der Waals surface area (Å²) in [5.41, 5.74) is -1.05. The number of nitrogens with one attached hydrogen (secondary N) is 1. The molecule has 4 nitrogen and oxygen atoms in total. The van der Waals surface area contributed by atoms with Gasteiger partial charge in [0.2, 0.25) is 0 Å². The fourth-order valence-corrected chi connectivity index (χ4v) is 1.36. The van der Waals surface area contributed by atoms with E-state index in [9.17, 15) is 18.0 Å². The smallest absolute Gasteiger partial charge is 0.421 e. The quantitative estimate of drug-likeness (QED) is 0.904. The van der Waals surface area contributed by atoms with Gasteiger partial charge in [-0.25, -0.2) is 0 Å². The number of aromatic nitrogens is 1. The Bertz CT molecular complexity index is 470. The summed E-state index contributed by atoms with van der Waals surface area (Å²) in [6, 6.07) is 1.03. The number of alkyl halides is 3. The molecule has 1 N–H and O–H groups in total. The van der Waals surface area contributed by atoms with E-state index >= 15 is 0 Å². The zero-order valence-electron chi connectivity index (χ0n) is 9.54. The van der Waals surface area contributed by atoms with Crippen LogP contribution in [0.5, 0.6) is 5.75 Å². The van der Waals surface area contributed by atoms with Gasteiger partial charge in [0.25, 0.3) is 5.91 Å². The van der Waals surface area contributed by atoms with Gasteiger partial charge in [-0.2, -0.15) is 13.2 Å². The predicted molar refractivity (Wildman–Crippen MR) is 56.3 cm³/mol. The van der Waals surface area contributed by atoms with Crippen molar-refractivity contribution in [2.75, 3.05) is 7.05 Å². The van der Waals surface area contributed by atoms with Gasteiger partial charge in [-0.15, -0.1) is 0 Å². The van der Waals surface area contributed by atoms with Crippen molar-refractivity contribution < 1.29 is 22.7 Å². The molecule has 0 spiro atoms. The Kier molecular flexibility index (Phi) is 3.14. The lowest BCUT2D eigenvalue weighted by Gasteiger charge is -2.14. The molecular weight excluding hydrogens is 249 g/mol. The molecule has 1 aliphatic carbocycles. The summed E-state index contributed by atoms with van der Waals surface area (Å²) in [6.45, 7) is 0. The van der Waals surface area contributed by atoms with Gasteiger partial charge in [0.05, 0.1) is 6.10 Å². The number of pyridine rings is 1. The Labute approximate surface area is 101 Å². The first kappa shape index (κ1) is 12.7. The third kappa shape index (κ3) is 2.72.